The summed E-state index contributed by atoms with van der Waals surface area (Å²) in [4.78, 5) is 2.03. The standard InChI is InChI=1S/C7H12N2O/c1-9(2)5-6-3-4-7(8)10-6/h3-4H,5,8H2,1-2H3. The SMILES string of the molecule is CN(C)Cc1ccc(N)o1. The predicted octanol–water partition coefficient (Wildman–Crippen LogP) is 0.923. The first-order valence-corrected chi connectivity index (χ1v) is 3.17. The number of furan rings is 1. The van der Waals surface area contributed by atoms with Gasteiger partial charge in [0.2, 0.25) is 0 Å². The lowest BCUT2D eigenvalue weighted by molar-refractivity contribution is 0.354. The van der Waals surface area contributed by atoms with Crippen LogP contribution in [0.3, 0.4) is 0 Å². The van der Waals surface area contributed by atoms with Crippen LogP contribution in [0.25, 0.3) is 0 Å². The van der Waals surface area contributed by atoms with Gasteiger partial charge in [-0.05, 0) is 20.2 Å². The minimum absolute atomic E-state index is 0.483. The van der Waals surface area contributed by atoms with Gasteiger partial charge in [0.15, 0.2) is 5.88 Å². The molecule has 3 heteroatoms. The molecule has 56 valence electrons. The Bertz CT molecular complexity index is 205. The van der Waals surface area contributed by atoms with Gasteiger partial charge < -0.3 is 15.1 Å². The molecule has 2 N–H and O–H groups in total. The average molecular weight is 140 g/mol. The first kappa shape index (κ1) is 7.15. The summed E-state index contributed by atoms with van der Waals surface area (Å²) in [5, 5.41) is 0. The highest BCUT2D eigenvalue weighted by molar-refractivity contribution is 5.25. The number of hydrogen-bond donors (Lipinski definition) is 1. The molecule has 1 aromatic rings. The van der Waals surface area contributed by atoms with Gasteiger partial charge in [-0.15, -0.1) is 0 Å². The summed E-state index contributed by atoms with van der Waals surface area (Å²) in [5.41, 5.74) is 5.37. The van der Waals surface area contributed by atoms with Crippen molar-refractivity contribution in [1.29, 1.82) is 0 Å². The number of hydrogen-bond acceptors (Lipinski definition) is 3. The quantitative estimate of drug-likeness (QED) is 0.664. The molecule has 0 atom stereocenters. The number of nitrogen functional groups attached to an aromatic ring is 1. The van der Waals surface area contributed by atoms with Crippen molar-refractivity contribution in [2.24, 2.45) is 0 Å². The van der Waals surface area contributed by atoms with Crippen LogP contribution in [-0.2, 0) is 6.54 Å². The molecule has 10 heavy (non-hydrogen) atoms. The molecule has 0 aliphatic carbocycles. The summed E-state index contributed by atoms with van der Waals surface area (Å²) in [6, 6.07) is 3.65. The largest absolute Gasteiger partial charge is 0.445 e. The zero-order valence-electron chi connectivity index (χ0n) is 6.29. The molecule has 0 aromatic carbocycles. The fourth-order valence-corrected chi connectivity index (χ4v) is 0.791. The van der Waals surface area contributed by atoms with Crippen LogP contribution in [0.4, 0.5) is 5.88 Å². The summed E-state index contributed by atoms with van der Waals surface area (Å²) in [6.45, 7) is 0.803. The lowest BCUT2D eigenvalue weighted by Gasteiger charge is -2.04. The Hall–Kier alpha value is -0.960. The summed E-state index contributed by atoms with van der Waals surface area (Å²) < 4.78 is 5.13. The smallest absolute Gasteiger partial charge is 0.190 e. The fourth-order valence-electron chi connectivity index (χ4n) is 0.791. The van der Waals surface area contributed by atoms with E-state index in [1.165, 1.54) is 0 Å². The van der Waals surface area contributed by atoms with E-state index in [-0.39, 0.29) is 0 Å². The van der Waals surface area contributed by atoms with Gasteiger partial charge in [0.25, 0.3) is 0 Å². The first-order chi connectivity index (χ1) is 4.68. The Morgan fingerprint density at radius 1 is 1.50 bits per heavy atom. The maximum absolute atomic E-state index is 5.37. The van der Waals surface area contributed by atoms with Crippen LogP contribution in [0.1, 0.15) is 5.76 Å². The van der Waals surface area contributed by atoms with Gasteiger partial charge in [-0.1, -0.05) is 0 Å². The van der Waals surface area contributed by atoms with Crippen LogP contribution in [0.2, 0.25) is 0 Å². The van der Waals surface area contributed by atoms with Crippen LogP contribution in [0, 0.1) is 0 Å². The van der Waals surface area contributed by atoms with Crippen molar-refractivity contribution < 1.29 is 4.42 Å². The molecular weight excluding hydrogens is 128 g/mol. The average Bonchev–Trinajstić information content (AvgIpc) is 2.13. The van der Waals surface area contributed by atoms with E-state index in [1.54, 1.807) is 6.07 Å². The van der Waals surface area contributed by atoms with Crippen LogP contribution >= 0.6 is 0 Å². The highest BCUT2D eigenvalue weighted by atomic mass is 16.4. The first-order valence-electron chi connectivity index (χ1n) is 3.17. The van der Waals surface area contributed by atoms with Gasteiger partial charge >= 0.3 is 0 Å². The zero-order chi connectivity index (χ0) is 7.56. The third-order valence-electron chi connectivity index (χ3n) is 1.15. The van der Waals surface area contributed by atoms with Crippen molar-refractivity contribution in [2.45, 2.75) is 6.54 Å². The second kappa shape index (κ2) is 2.75. The Morgan fingerprint density at radius 3 is 2.60 bits per heavy atom. The maximum atomic E-state index is 5.37. The molecule has 1 aromatic heterocycles. The summed E-state index contributed by atoms with van der Waals surface area (Å²) >= 11 is 0. The third kappa shape index (κ3) is 1.77. The molecular formula is C7H12N2O. The molecule has 1 rings (SSSR count). The summed E-state index contributed by atoms with van der Waals surface area (Å²) in [6.07, 6.45) is 0. The fraction of sp³-hybridized carbons (Fsp3) is 0.429. The Kier molecular flexibility index (Phi) is 1.97. The summed E-state index contributed by atoms with van der Waals surface area (Å²) in [5.74, 6) is 1.39. The molecule has 0 saturated carbocycles. The van der Waals surface area contributed by atoms with Crippen LogP contribution < -0.4 is 5.73 Å². The lowest BCUT2D eigenvalue weighted by atomic mass is 10.4. The van der Waals surface area contributed by atoms with Gasteiger partial charge in [-0.2, -0.15) is 0 Å². The van der Waals surface area contributed by atoms with Crippen LogP contribution in [0.5, 0.6) is 0 Å². The van der Waals surface area contributed by atoms with Crippen molar-refractivity contribution in [3.63, 3.8) is 0 Å². The van der Waals surface area contributed by atoms with Gasteiger partial charge in [0, 0.05) is 6.07 Å². The van der Waals surface area contributed by atoms with Crippen molar-refractivity contribution in [3.05, 3.63) is 17.9 Å². The Labute approximate surface area is 60.4 Å². The molecule has 0 aliphatic rings. The van der Waals surface area contributed by atoms with Crippen molar-refractivity contribution in [3.8, 4) is 0 Å². The van der Waals surface area contributed by atoms with E-state index in [2.05, 4.69) is 0 Å². The van der Waals surface area contributed by atoms with E-state index in [0.717, 1.165) is 12.3 Å². The van der Waals surface area contributed by atoms with E-state index < -0.39 is 0 Å². The van der Waals surface area contributed by atoms with Crippen LogP contribution in [-0.4, -0.2) is 19.0 Å². The molecule has 3 nitrogen and oxygen atoms in total. The van der Waals surface area contributed by atoms with E-state index in [4.69, 9.17) is 10.2 Å². The highest BCUT2D eigenvalue weighted by Gasteiger charge is 1.98. The molecule has 0 bridgehead atoms. The predicted molar refractivity (Wildman–Crippen MR) is 40.5 cm³/mol. The van der Waals surface area contributed by atoms with Crippen molar-refractivity contribution in [1.82, 2.24) is 4.90 Å². The van der Waals surface area contributed by atoms with E-state index in [0.29, 0.717) is 5.88 Å². The lowest BCUT2D eigenvalue weighted by Crippen LogP contribution is -2.09. The zero-order valence-corrected chi connectivity index (χ0v) is 6.29. The number of nitrogens with two attached hydrogens (primary N) is 1. The van der Waals surface area contributed by atoms with Crippen LogP contribution in [0.15, 0.2) is 16.5 Å². The molecule has 0 saturated heterocycles. The van der Waals surface area contributed by atoms with Gasteiger partial charge in [0.1, 0.15) is 5.76 Å². The monoisotopic (exact) mass is 140 g/mol. The minimum atomic E-state index is 0.483. The van der Waals surface area contributed by atoms with Crippen molar-refractivity contribution in [2.75, 3.05) is 19.8 Å². The van der Waals surface area contributed by atoms with E-state index >= 15 is 0 Å². The minimum Gasteiger partial charge on any atom is -0.445 e. The number of nitrogens with zero attached hydrogens (tertiary/aromatic N) is 1. The molecule has 0 spiro atoms. The molecule has 1 heterocycles. The second-order valence-electron chi connectivity index (χ2n) is 2.54. The normalized spacial score (nSPS) is 10.7. The molecule has 0 amide bonds. The third-order valence-corrected chi connectivity index (χ3v) is 1.15. The topological polar surface area (TPSA) is 42.4 Å². The molecule has 0 aliphatic heterocycles. The number of rotatable bonds is 2. The Morgan fingerprint density at radius 2 is 2.20 bits per heavy atom. The molecule has 0 fully saturated rings. The van der Waals surface area contributed by atoms with Crippen molar-refractivity contribution >= 4 is 5.88 Å². The van der Waals surface area contributed by atoms with Gasteiger partial charge in [-0.25, -0.2) is 0 Å². The van der Waals surface area contributed by atoms with E-state index in [1.807, 2.05) is 25.1 Å². The highest BCUT2D eigenvalue weighted by Crippen LogP contribution is 2.09. The molecule has 0 unspecified atom stereocenters. The van der Waals surface area contributed by atoms with Gasteiger partial charge in [-0.3, -0.25) is 0 Å². The second-order valence-corrected chi connectivity index (χ2v) is 2.54. The Balaban J connectivity index is 2.58. The van der Waals surface area contributed by atoms with E-state index in [9.17, 15) is 0 Å². The summed E-state index contributed by atoms with van der Waals surface area (Å²) in [7, 11) is 3.97. The number of anilines is 1. The maximum Gasteiger partial charge on any atom is 0.190 e. The van der Waals surface area contributed by atoms with Gasteiger partial charge in [0.05, 0.1) is 6.54 Å². The molecule has 0 radical (unpaired) electrons.